The summed E-state index contributed by atoms with van der Waals surface area (Å²) in [5.41, 5.74) is 3.12. The Balaban J connectivity index is 2.58. The largest absolute Gasteiger partial charge is 0.495 e. The number of nitrogens with zero attached hydrogens (tertiary/aromatic N) is 1. The minimum atomic E-state index is -0.0524. The summed E-state index contributed by atoms with van der Waals surface area (Å²) in [5, 5.41) is 3.31. The molecule has 0 bridgehead atoms. The molecule has 112 valence electrons. The van der Waals surface area contributed by atoms with Gasteiger partial charge in [-0.05, 0) is 53.7 Å². The van der Waals surface area contributed by atoms with Crippen LogP contribution >= 0.6 is 15.9 Å². The molecule has 2 aromatic rings. The fourth-order valence-corrected chi connectivity index (χ4v) is 3.07. The maximum absolute atomic E-state index is 5.57. The summed E-state index contributed by atoms with van der Waals surface area (Å²) < 4.78 is 11.7. The SMILES string of the molecule is CNC(c1ccc(OC)c(Br)c1OC)c1ncccc1C. The van der Waals surface area contributed by atoms with E-state index in [1.54, 1.807) is 20.4 Å². The first-order valence-corrected chi connectivity index (χ1v) is 7.42. The van der Waals surface area contributed by atoms with Crippen LogP contribution in [0.4, 0.5) is 0 Å². The number of nitrogens with one attached hydrogen (secondary N) is 1. The second kappa shape index (κ2) is 6.91. The summed E-state index contributed by atoms with van der Waals surface area (Å²) in [7, 11) is 5.20. The average Bonchev–Trinajstić information content (AvgIpc) is 2.50. The van der Waals surface area contributed by atoms with Crippen LogP contribution in [-0.4, -0.2) is 26.3 Å². The van der Waals surface area contributed by atoms with Crippen LogP contribution in [0.15, 0.2) is 34.9 Å². The van der Waals surface area contributed by atoms with Crippen molar-refractivity contribution < 1.29 is 9.47 Å². The van der Waals surface area contributed by atoms with Crippen molar-refractivity contribution in [3.63, 3.8) is 0 Å². The Morgan fingerprint density at radius 2 is 1.95 bits per heavy atom. The molecule has 0 saturated heterocycles. The van der Waals surface area contributed by atoms with E-state index in [0.29, 0.717) is 0 Å². The quantitative estimate of drug-likeness (QED) is 0.896. The Hall–Kier alpha value is -1.59. The van der Waals surface area contributed by atoms with Gasteiger partial charge in [0.25, 0.3) is 0 Å². The third kappa shape index (κ3) is 3.04. The normalized spacial score (nSPS) is 12.0. The fourth-order valence-electron chi connectivity index (χ4n) is 2.38. The third-order valence-electron chi connectivity index (χ3n) is 3.44. The van der Waals surface area contributed by atoms with Crippen LogP contribution in [0.1, 0.15) is 22.9 Å². The molecule has 0 amide bonds. The van der Waals surface area contributed by atoms with Crippen LogP contribution in [0.3, 0.4) is 0 Å². The smallest absolute Gasteiger partial charge is 0.141 e. The molecule has 4 nitrogen and oxygen atoms in total. The van der Waals surface area contributed by atoms with Crippen molar-refractivity contribution in [3.05, 3.63) is 51.8 Å². The highest BCUT2D eigenvalue weighted by molar-refractivity contribution is 9.10. The molecule has 1 aromatic carbocycles. The van der Waals surface area contributed by atoms with Crippen molar-refractivity contribution in [2.75, 3.05) is 21.3 Å². The Labute approximate surface area is 133 Å². The number of hydrogen-bond acceptors (Lipinski definition) is 4. The van der Waals surface area contributed by atoms with Gasteiger partial charge in [0, 0.05) is 11.8 Å². The number of aromatic nitrogens is 1. The van der Waals surface area contributed by atoms with E-state index < -0.39 is 0 Å². The lowest BCUT2D eigenvalue weighted by molar-refractivity contribution is 0.383. The number of aryl methyl sites for hydroxylation is 1. The number of halogens is 1. The molecule has 0 aliphatic rings. The van der Waals surface area contributed by atoms with Gasteiger partial charge in [0.15, 0.2) is 0 Å². The summed E-state index contributed by atoms with van der Waals surface area (Å²) in [6.45, 7) is 2.05. The molecule has 1 aromatic heterocycles. The van der Waals surface area contributed by atoms with Gasteiger partial charge in [-0.15, -0.1) is 0 Å². The van der Waals surface area contributed by atoms with Gasteiger partial charge >= 0.3 is 0 Å². The van der Waals surface area contributed by atoms with Crippen LogP contribution in [0, 0.1) is 6.92 Å². The molecule has 0 saturated carbocycles. The van der Waals surface area contributed by atoms with E-state index in [9.17, 15) is 0 Å². The molecule has 1 N–H and O–H groups in total. The molecule has 0 fully saturated rings. The zero-order chi connectivity index (χ0) is 15.4. The van der Waals surface area contributed by atoms with Crippen LogP contribution in [0.25, 0.3) is 0 Å². The van der Waals surface area contributed by atoms with Crippen molar-refractivity contribution in [1.82, 2.24) is 10.3 Å². The van der Waals surface area contributed by atoms with Crippen molar-refractivity contribution in [2.24, 2.45) is 0 Å². The molecule has 0 radical (unpaired) electrons. The molecule has 2 rings (SSSR count). The van der Waals surface area contributed by atoms with E-state index in [-0.39, 0.29) is 6.04 Å². The van der Waals surface area contributed by atoms with Gasteiger partial charge < -0.3 is 14.8 Å². The van der Waals surface area contributed by atoms with Crippen molar-refractivity contribution in [1.29, 1.82) is 0 Å². The lowest BCUT2D eigenvalue weighted by atomic mass is 9.99. The maximum atomic E-state index is 5.57. The topological polar surface area (TPSA) is 43.4 Å². The Morgan fingerprint density at radius 3 is 2.52 bits per heavy atom. The number of benzene rings is 1. The van der Waals surface area contributed by atoms with Gasteiger partial charge in [0.05, 0.1) is 26.0 Å². The minimum absolute atomic E-state index is 0.0524. The van der Waals surface area contributed by atoms with E-state index >= 15 is 0 Å². The molecule has 1 heterocycles. The van der Waals surface area contributed by atoms with Crippen LogP contribution in [-0.2, 0) is 0 Å². The number of pyridine rings is 1. The Kier molecular flexibility index (Phi) is 5.20. The molecule has 1 unspecified atom stereocenters. The maximum Gasteiger partial charge on any atom is 0.141 e. The standard InChI is InChI=1S/C16H19BrN2O2/c1-10-6-5-9-19-14(10)15(18-2)11-7-8-12(20-3)13(17)16(11)21-4/h5-9,15,18H,1-4H3. The molecule has 21 heavy (non-hydrogen) atoms. The monoisotopic (exact) mass is 350 g/mol. The summed E-state index contributed by atoms with van der Waals surface area (Å²) in [6, 6.07) is 7.86. The second-order valence-corrected chi connectivity index (χ2v) is 5.42. The molecular weight excluding hydrogens is 332 g/mol. The summed E-state index contributed by atoms with van der Waals surface area (Å²) >= 11 is 3.54. The number of ether oxygens (including phenoxy) is 2. The van der Waals surface area contributed by atoms with Crippen molar-refractivity contribution in [3.8, 4) is 11.5 Å². The Bertz CT molecular complexity index is 632. The molecule has 0 aliphatic carbocycles. The van der Waals surface area contributed by atoms with Crippen LogP contribution < -0.4 is 14.8 Å². The van der Waals surface area contributed by atoms with Crippen molar-refractivity contribution in [2.45, 2.75) is 13.0 Å². The zero-order valence-corrected chi connectivity index (χ0v) is 14.2. The number of methoxy groups -OCH3 is 2. The predicted molar refractivity (Wildman–Crippen MR) is 87.1 cm³/mol. The first-order chi connectivity index (χ1) is 10.1. The molecule has 1 atom stereocenters. The lowest BCUT2D eigenvalue weighted by Crippen LogP contribution is -2.20. The van der Waals surface area contributed by atoms with Gasteiger partial charge in [-0.1, -0.05) is 6.07 Å². The highest BCUT2D eigenvalue weighted by Crippen LogP contribution is 2.41. The highest BCUT2D eigenvalue weighted by Gasteiger charge is 2.22. The van der Waals surface area contributed by atoms with E-state index in [0.717, 1.165) is 32.8 Å². The molecular formula is C16H19BrN2O2. The van der Waals surface area contributed by atoms with Gasteiger partial charge in [-0.3, -0.25) is 4.98 Å². The summed E-state index contributed by atoms with van der Waals surface area (Å²) in [6.07, 6.45) is 1.80. The van der Waals surface area contributed by atoms with Crippen molar-refractivity contribution >= 4 is 15.9 Å². The molecule has 5 heteroatoms. The van der Waals surface area contributed by atoms with Gasteiger partial charge in [-0.2, -0.15) is 0 Å². The second-order valence-electron chi connectivity index (χ2n) is 4.63. The molecule has 0 aliphatic heterocycles. The molecule has 0 spiro atoms. The van der Waals surface area contributed by atoms with Gasteiger partial charge in [0.2, 0.25) is 0 Å². The van der Waals surface area contributed by atoms with Gasteiger partial charge in [0.1, 0.15) is 16.0 Å². The van der Waals surface area contributed by atoms with E-state index in [2.05, 4.69) is 39.2 Å². The average molecular weight is 351 g/mol. The Morgan fingerprint density at radius 1 is 1.19 bits per heavy atom. The number of hydrogen-bond donors (Lipinski definition) is 1. The van der Waals surface area contributed by atoms with Gasteiger partial charge in [-0.25, -0.2) is 0 Å². The first-order valence-electron chi connectivity index (χ1n) is 6.63. The van der Waals surface area contributed by atoms with E-state index in [1.165, 1.54) is 0 Å². The van der Waals surface area contributed by atoms with Crippen LogP contribution in [0.2, 0.25) is 0 Å². The highest BCUT2D eigenvalue weighted by atomic mass is 79.9. The first kappa shape index (κ1) is 15.8. The minimum Gasteiger partial charge on any atom is -0.495 e. The third-order valence-corrected chi connectivity index (χ3v) is 4.19. The summed E-state index contributed by atoms with van der Waals surface area (Å²) in [4.78, 5) is 4.51. The van der Waals surface area contributed by atoms with Crippen LogP contribution in [0.5, 0.6) is 11.5 Å². The van der Waals surface area contributed by atoms with E-state index in [1.807, 2.05) is 25.2 Å². The van der Waals surface area contributed by atoms with E-state index in [4.69, 9.17) is 9.47 Å². The number of rotatable bonds is 5. The predicted octanol–water partition coefficient (Wildman–Crippen LogP) is 3.48. The zero-order valence-electron chi connectivity index (χ0n) is 12.6. The summed E-state index contributed by atoms with van der Waals surface area (Å²) in [5.74, 6) is 1.49. The fraction of sp³-hybridized carbons (Fsp3) is 0.312. The lowest BCUT2D eigenvalue weighted by Gasteiger charge is -2.22.